The average molecular weight is 339 g/mol. The number of hydrogen-bond donors (Lipinski definition) is 0. The summed E-state index contributed by atoms with van der Waals surface area (Å²) in [6.45, 7) is 4.48. The molecular weight excluding hydrogens is 322 g/mol. The average Bonchev–Trinajstić information content (AvgIpc) is 3.02. The second-order valence-corrected chi connectivity index (χ2v) is 6.60. The summed E-state index contributed by atoms with van der Waals surface area (Å²) in [6.07, 6.45) is 0.961. The van der Waals surface area contributed by atoms with Gasteiger partial charge in [0.1, 0.15) is 12.1 Å². The molecule has 0 aliphatic carbocycles. The predicted molar refractivity (Wildman–Crippen MR) is 82.4 cm³/mol. The van der Waals surface area contributed by atoms with Gasteiger partial charge in [0.05, 0.1) is 16.8 Å². The van der Waals surface area contributed by atoms with E-state index in [1.54, 1.807) is 6.07 Å². The Morgan fingerprint density at radius 3 is 2.33 bits per heavy atom. The van der Waals surface area contributed by atoms with Gasteiger partial charge in [-0.05, 0) is 33.8 Å². The quantitative estimate of drug-likeness (QED) is 0.807. The molecule has 1 saturated heterocycles. The maximum Gasteiger partial charge on any atom is 0.497 e. The van der Waals surface area contributed by atoms with Crippen LogP contribution in [0.15, 0.2) is 24.5 Å². The molecule has 5 nitrogen and oxygen atoms in total. The van der Waals surface area contributed by atoms with E-state index in [9.17, 15) is 13.2 Å². The molecule has 0 spiro atoms. The first-order valence-corrected chi connectivity index (χ1v) is 7.46. The molecule has 1 aliphatic heterocycles. The Hall–Kier alpha value is -1.87. The molecule has 3 rings (SSSR count). The van der Waals surface area contributed by atoms with Crippen LogP contribution in [0.4, 0.5) is 13.2 Å². The fourth-order valence-electron chi connectivity index (χ4n) is 2.46. The van der Waals surface area contributed by atoms with E-state index in [0.29, 0.717) is 4.68 Å². The minimum atomic E-state index is -2.91. The van der Waals surface area contributed by atoms with Crippen molar-refractivity contribution in [2.24, 2.45) is 0 Å². The number of alkyl halides is 2. The van der Waals surface area contributed by atoms with E-state index in [0.717, 1.165) is 6.33 Å². The monoisotopic (exact) mass is 339 g/mol. The summed E-state index contributed by atoms with van der Waals surface area (Å²) in [7, 11) is -0.933. The van der Waals surface area contributed by atoms with E-state index in [1.807, 2.05) is 27.7 Å². The fourth-order valence-corrected chi connectivity index (χ4v) is 2.46. The minimum Gasteiger partial charge on any atom is -0.399 e. The lowest BCUT2D eigenvalue weighted by atomic mass is 9.77. The molecule has 1 fully saturated rings. The van der Waals surface area contributed by atoms with Gasteiger partial charge in [-0.2, -0.15) is 18.6 Å². The van der Waals surface area contributed by atoms with Crippen molar-refractivity contribution in [1.29, 1.82) is 0 Å². The van der Waals surface area contributed by atoms with Gasteiger partial charge in [0, 0.05) is 5.46 Å². The second-order valence-electron chi connectivity index (χ2n) is 6.60. The van der Waals surface area contributed by atoms with E-state index in [2.05, 4.69) is 10.1 Å². The van der Waals surface area contributed by atoms with Crippen molar-refractivity contribution in [1.82, 2.24) is 14.8 Å². The number of hydrogen-bond acceptors (Lipinski definition) is 4. The van der Waals surface area contributed by atoms with Crippen LogP contribution in [-0.4, -0.2) is 33.1 Å². The van der Waals surface area contributed by atoms with E-state index in [1.165, 1.54) is 12.1 Å². The molecule has 0 bridgehead atoms. The van der Waals surface area contributed by atoms with Crippen molar-refractivity contribution in [3.63, 3.8) is 0 Å². The van der Waals surface area contributed by atoms with Crippen molar-refractivity contribution >= 4 is 12.6 Å². The zero-order valence-electron chi connectivity index (χ0n) is 13.8. The molecule has 0 saturated carbocycles. The van der Waals surface area contributed by atoms with E-state index < -0.39 is 30.7 Å². The molecule has 0 N–H and O–H groups in total. The van der Waals surface area contributed by atoms with Crippen LogP contribution >= 0.6 is 0 Å². The number of rotatable bonds is 3. The molecule has 2 heterocycles. The van der Waals surface area contributed by atoms with Crippen LogP contribution in [0.3, 0.4) is 0 Å². The highest BCUT2D eigenvalue weighted by Gasteiger charge is 2.52. The molecule has 0 amide bonds. The van der Waals surface area contributed by atoms with Crippen LogP contribution in [0, 0.1) is 5.82 Å². The lowest BCUT2D eigenvalue weighted by Crippen LogP contribution is -2.41. The summed E-state index contributed by atoms with van der Waals surface area (Å²) in [5.74, 6) is -0.966. The van der Waals surface area contributed by atoms with E-state index in [-0.39, 0.29) is 16.9 Å². The summed E-state index contributed by atoms with van der Waals surface area (Å²) in [4.78, 5) is 3.74. The van der Waals surface area contributed by atoms with Crippen molar-refractivity contribution < 1.29 is 22.5 Å². The van der Waals surface area contributed by atoms with Crippen LogP contribution in [0.25, 0.3) is 11.4 Å². The topological polar surface area (TPSA) is 49.2 Å². The van der Waals surface area contributed by atoms with Gasteiger partial charge in [0.2, 0.25) is 0 Å². The van der Waals surface area contributed by atoms with Crippen LogP contribution in [0.1, 0.15) is 34.2 Å². The Kier molecular flexibility index (Phi) is 3.96. The SMILES string of the molecule is CC1(C)OB(c2cccc(-c3ncnn3C(F)F)c2F)OC1(C)C. The van der Waals surface area contributed by atoms with Crippen LogP contribution in [0.2, 0.25) is 0 Å². The summed E-state index contributed by atoms with van der Waals surface area (Å²) < 4.78 is 52.9. The molecular formula is C15H17BF3N3O2. The molecule has 24 heavy (non-hydrogen) atoms. The molecule has 0 unspecified atom stereocenters. The van der Waals surface area contributed by atoms with Gasteiger partial charge in [-0.3, -0.25) is 0 Å². The van der Waals surface area contributed by atoms with Gasteiger partial charge in [-0.25, -0.2) is 9.37 Å². The number of nitrogens with zero attached hydrogens (tertiary/aromatic N) is 3. The lowest BCUT2D eigenvalue weighted by molar-refractivity contribution is 0.00578. The first-order chi connectivity index (χ1) is 11.1. The van der Waals surface area contributed by atoms with Crippen molar-refractivity contribution in [3.05, 3.63) is 30.3 Å². The van der Waals surface area contributed by atoms with E-state index in [4.69, 9.17) is 9.31 Å². The van der Waals surface area contributed by atoms with Crippen LogP contribution in [0.5, 0.6) is 0 Å². The standard InChI is InChI=1S/C15H17BF3N3O2/c1-14(2)15(3,4)24-16(23-14)10-7-5-6-9(11(10)17)12-20-8-21-22(12)13(18)19/h5-8,13H,1-4H3. The predicted octanol–water partition coefficient (Wildman–Crippen LogP) is 2.78. The Morgan fingerprint density at radius 2 is 1.75 bits per heavy atom. The van der Waals surface area contributed by atoms with Gasteiger partial charge in [0.25, 0.3) is 0 Å². The van der Waals surface area contributed by atoms with Gasteiger partial charge >= 0.3 is 13.7 Å². The van der Waals surface area contributed by atoms with Gasteiger partial charge in [-0.15, -0.1) is 0 Å². The molecule has 1 aliphatic rings. The highest BCUT2D eigenvalue weighted by Crippen LogP contribution is 2.37. The second kappa shape index (κ2) is 5.59. The molecule has 2 aromatic rings. The number of benzene rings is 1. The summed E-state index contributed by atoms with van der Waals surface area (Å²) in [5.41, 5.74) is -1.22. The lowest BCUT2D eigenvalue weighted by Gasteiger charge is -2.32. The molecule has 128 valence electrons. The molecule has 1 aromatic heterocycles. The molecule has 9 heteroatoms. The maximum atomic E-state index is 14.9. The Bertz CT molecular complexity index is 748. The highest BCUT2D eigenvalue weighted by molar-refractivity contribution is 6.62. The van der Waals surface area contributed by atoms with Crippen molar-refractivity contribution in [3.8, 4) is 11.4 Å². The third-order valence-electron chi connectivity index (χ3n) is 4.53. The minimum absolute atomic E-state index is 0.0833. The maximum absolute atomic E-state index is 14.9. The van der Waals surface area contributed by atoms with Crippen LogP contribution < -0.4 is 5.46 Å². The smallest absolute Gasteiger partial charge is 0.399 e. The molecule has 0 atom stereocenters. The highest BCUT2D eigenvalue weighted by atomic mass is 19.3. The first-order valence-electron chi connectivity index (χ1n) is 7.46. The summed E-state index contributed by atoms with van der Waals surface area (Å²) in [6, 6.07) is 4.42. The van der Waals surface area contributed by atoms with Crippen molar-refractivity contribution in [2.75, 3.05) is 0 Å². The third kappa shape index (κ3) is 2.61. The van der Waals surface area contributed by atoms with Gasteiger partial charge in [0.15, 0.2) is 5.82 Å². The Balaban J connectivity index is 2.03. The summed E-state index contributed by atoms with van der Waals surface area (Å²) >= 11 is 0. The van der Waals surface area contributed by atoms with Crippen LogP contribution in [-0.2, 0) is 9.31 Å². The largest absolute Gasteiger partial charge is 0.497 e. The number of halogens is 3. The Labute approximate surface area is 137 Å². The zero-order chi connectivity index (χ0) is 17.7. The zero-order valence-corrected chi connectivity index (χ0v) is 13.8. The first kappa shape index (κ1) is 17.0. The van der Waals surface area contributed by atoms with E-state index >= 15 is 0 Å². The van der Waals surface area contributed by atoms with Gasteiger partial charge in [-0.1, -0.05) is 12.1 Å². The fraction of sp³-hybridized carbons (Fsp3) is 0.467. The van der Waals surface area contributed by atoms with Crippen molar-refractivity contribution in [2.45, 2.75) is 45.4 Å². The Morgan fingerprint density at radius 1 is 1.12 bits per heavy atom. The summed E-state index contributed by atoms with van der Waals surface area (Å²) in [5, 5.41) is 3.43. The third-order valence-corrected chi connectivity index (χ3v) is 4.53. The van der Waals surface area contributed by atoms with Gasteiger partial charge < -0.3 is 9.31 Å². The molecule has 0 radical (unpaired) electrons. The number of aromatic nitrogens is 3. The molecule has 1 aromatic carbocycles. The normalized spacial score (nSPS) is 19.2.